The molecule has 0 bridgehead atoms. The van der Waals surface area contributed by atoms with Gasteiger partial charge in [-0.3, -0.25) is 0 Å². The van der Waals surface area contributed by atoms with E-state index in [0.717, 1.165) is 0 Å². The third kappa shape index (κ3) is 5.29. The Kier molecular flexibility index (Phi) is 7.12. The zero-order chi connectivity index (χ0) is 19.2. The van der Waals surface area contributed by atoms with Crippen LogP contribution in [0.5, 0.6) is 0 Å². The first-order valence-electron chi connectivity index (χ1n) is 8.09. The summed E-state index contributed by atoms with van der Waals surface area (Å²) < 4.78 is 11.2. The van der Waals surface area contributed by atoms with Gasteiger partial charge in [0, 0.05) is 17.6 Å². The van der Waals surface area contributed by atoms with Gasteiger partial charge in [-0.25, -0.2) is 9.59 Å². The normalized spacial score (nSPS) is 15.4. The molecule has 1 N–H and O–H groups in total. The van der Waals surface area contributed by atoms with Crippen LogP contribution in [-0.4, -0.2) is 29.3 Å². The molecule has 0 aliphatic carbocycles. The Morgan fingerprint density at radius 1 is 1.08 bits per heavy atom. The van der Waals surface area contributed by atoms with E-state index in [1.807, 2.05) is 6.07 Å². The number of rotatable bonds is 8. The minimum Gasteiger partial charge on any atom is -0.455 e. The van der Waals surface area contributed by atoms with Crippen LogP contribution in [0.2, 0.25) is 0 Å². The van der Waals surface area contributed by atoms with E-state index in [1.165, 1.54) is 13.8 Å². The van der Waals surface area contributed by atoms with Gasteiger partial charge in [0.1, 0.15) is 6.10 Å². The Hall–Kier alpha value is -2.40. The average Bonchev–Trinajstić information content (AvgIpc) is 2.53. The fourth-order valence-corrected chi connectivity index (χ4v) is 2.47. The summed E-state index contributed by atoms with van der Waals surface area (Å²) in [7, 11) is 0. The zero-order valence-corrected chi connectivity index (χ0v) is 15.2. The molecule has 1 rings (SSSR count). The monoisotopic (exact) mass is 346 g/mol. The van der Waals surface area contributed by atoms with Crippen molar-refractivity contribution in [3.63, 3.8) is 0 Å². The van der Waals surface area contributed by atoms with E-state index in [9.17, 15) is 14.7 Å². The van der Waals surface area contributed by atoms with Crippen molar-refractivity contribution in [2.75, 3.05) is 0 Å². The maximum Gasteiger partial charge on any atom is 0.334 e. The van der Waals surface area contributed by atoms with Crippen LogP contribution < -0.4 is 0 Å². The van der Waals surface area contributed by atoms with Gasteiger partial charge in [-0.05, 0) is 33.3 Å². The van der Waals surface area contributed by atoms with Gasteiger partial charge in [0.25, 0.3) is 0 Å². The Morgan fingerprint density at radius 2 is 1.60 bits per heavy atom. The molecular weight excluding hydrogens is 320 g/mol. The average molecular weight is 346 g/mol. The van der Waals surface area contributed by atoms with Crippen LogP contribution in [0.25, 0.3) is 0 Å². The van der Waals surface area contributed by atoms with Gasteiger partial charge < -0.3 is 14.6 Å². The number of carbonyl (C=O) groups excluding carboxylic acids is 2. The Morgan fingerprint density at radius 3 is 2.04 bits per heavy atom. The first kappa shape index (κ1) is 20.6. The summed E-state index contributed by atoms with van der Waals surface area (Å²) >= 11 is 0. The van der Waals surface area contributed by atoms with E-state index in [2.05, 4.69) is 13.2 Å². The Balaban J connectivity index is 3.42. The van der Waals surface area contributed by atoms with Gasteiger partial charge in [-0.15, -0.1) is 0 Å². The van der Waals surface area contributed by atoms with Crippen molar-refractivity contribution >= 4 is 11.9 Å². The molecule has 0 fully saturated rings. The van der Waals surface area contributed by atoms with Gasteiger partial charge >= 0.3 is 11.9 Å². The molecule has 0 saturated carbocycles. The summed E-state index contributed by atoms with van der Waals surface area (Å²) in [6.07, 6.45) is -1.60. The molecule has 136 valence electrons. The molecule has 0 radical (unpaired) electrons. The highest BCUT2D eigenvalue weighted by molar-refractivity contribution is 5.88. The molecule has 1 aromatic carbocycles. The van der Waals surface area contributed by atoms with Gasteiger partial charge in [0.2, 0.25) is 0 Å². The van der Waals surface area contributed by atoms with Crippen molar-refractivity contribution < 1.29 is 24.2 Å². The smallest absolute Gasteiger partial charge is 0.334 e. The van der Waals surface area contributed by atoms with E-state index < -0.39 is 29.7 Å². The number of ether oxygens (including phenoxy) is 2. The first-order valence-corrected chi connectivity index (χ1v) is 8.09. The molecule has 3 unspecified atom stereocenters. The van der Waals surface area contributed by atoms with Crippen molar-refractivity contribution in [1.29, 1.82) is 0 Å². The van der Waals surface area contributed by atoms with Crippen LogP contribution >= 0.6 is 0 Å². The minimum absolute atomic E-state index is 0.0562. The van der Waals surface area contributed by atoms with Crippen LogP contribution in [0, 0.1) is 0 Å². The van der Waals surface area contributed by atoms with E-state index in [-0.39, 0.29) is 17.6 Å². The highest BCUT2D eigenvalue weighted by atomic mass is 16.6. The van der Waals surface area contributed by atoms with Crippen molar-refractivity contribution in [2.45, 2.75) is 51.9 Å². The Bertz CT molecular complexity index is 647. The summed E-state index contributed by atoms with van der Waals surface area (Å²) in [4.78, 5) is 24.3. The molecule has 0 aromatic heterocycles. The highest BCUT2D eigenvalue weighted by Gasteiger charge is 2.45. The van der Waals surface area contributed by atoms with Crippen LogP contribution in [0.4, 0.5) is 0 Å². The lowest BCUT2D eigenvalue weighted by atomic mass is 9.83. The van der Waals surface area contributed by atoms with Gasteiger partial charge in [-0.2, -0.15) is 0 Å². The third-order valence-corrected chi connectivity index (χ3v) is 3.77. The number of esters is 2. The molecule has 5 heteroatoms. The number of carbonyl (C=O) groups is 2. The number of hydrogen-bond acceptors (Lipinski definition) is 5. The predicted octanol–water partition coefficient (Wildman–Crippen LogP) is 3.28. The molecule has 0 aliphatic heterocycles. The third-order valence-electron chi connectivity index (χ3n) is 3.77. The fraction of sp³-hybridized carbons (Fsp3) is 0.400. The fourth-order valence-electron chi connectivity index (χ4n) is 2.47. The van der Waals surface area contributed by atoms with E-state index >= 15 is 0 Å². The van der Waals surface area contributed by atoms with E-state index in [1.54, 1.807) is 38.1 Å². The van der Waals surface area contributed by atoms with Crippen molar-refractivity contribution in [3.8, 4) is 0 Å². The molecular formula is C20H26O5. The van der Waals surface area contributed by atoms with Crippen LogP contribution in [0.3, 0.4) is 0 Å². The second kappa shape index (κ2) is 8.62. The summed E-state index contributed by atoms with van der Waals surface area (Å²) in [6, 6.07) is 8.92. The number of aliphatic hydroxyl groups excluding tert-OH is 1. The maximum atomic E-state index is 12.3. The summed E-state index contributed by atoms with van der Waals surface area (Å²) in [6.45, 7) is 13.4. The van der Waals surface area contributed by atoms with Gasteiger partial charge in [0.15, 0.2) is 5.60 Å². The van der Waals surface area contributed by atoms with Crippen molar-refractivity contribution in [1.82, 2.24) is 0 Å². The summed E-state index contributed by atoms with van der Waals surface area (Å²) in [5.41, 5.74) is -0.287. The predicted molar refractivity (Wildman–Crippen MR) is 95.7 cm³/mol. The summed E-state index contributed by atoms with van der Waals surface area (Å²) in [5, 5.41) is 10.0. The SMILES string of the molecule is C=C(C)C(=O)OC(C)C(CC(C)O)(OC(=O)C(=C)C)c1ccccc1. The standard InChI is InChI=1S/C20H26O5/c1-13(2)18(22)24-16(6)20(12-15(5)21,25-19(23)14(3)4)17-10-8-7-9-11-17/h7-11,15-16,21H,1,3,12H2,2,4-6H3. The lowest BCUT2D eigenvalue weighted by Crippen LogP contribution is -2.46. The molecule has 0 saturated heterocycles. The Labute approximate surface area is 149 Å². The largest absolute Gasteiger partial charge is 0.455 e. The van der Waals surface area contributed by atoms with Gasteiger partial charge in [0.05, 0.1) is 6.10 Å². The second-order valence-electron chi connectivity index (χ2n) is 6.31. The topological polar surface area (TPSA) is 72.8 Å². The van der Waals surface area contributed by atoms with E-state index in [4.69, 9.17) is 9.47 Å². The number of benzene rings is 1. The van der Waals surface area contributed by atoms with Gasteiger partial charge in [-0.1, -0.05) is 43.5 Å². The molecule has 5 nitrogen and oxygen atoms in total. The van der Waals surface area contributed by atoms with Crippen molar-refractivity contribution in [2.24, 2.45) is 0 Å². The van der Waals surface area contributed by atoms with Crippen molar-refractivity contribution in [3.05, 3.63) is 60.2 Å². The van der Waals surface area contributed by atoms with Crippen LogP contribution in [-0.2, 0) is 24.7 Å². The summed E-state index contributed by atoms with van der Waals surface area (Å²) in [5.74, 6) is -1.22. The number of hydrogen-bond donors (Lipinski definition) is 1. The molecule has 0 spiro atoms. The first-order chi connectivity index (χ1) is 11.6. The van der Waals surface area contributed by atoms with E-state index in [0.29, 0.717) is 5.56 Å². The molecule has 3 atom stereocenters. The quantitative estimate of drug-likeness (QED) is 0.578. The lowest BCUT2D eigenvalue weighted by molar-refractivity contribution is -0.187. The highest BCUT2D eigenvalue weighted by Crippen LogP contribution is 2.37. The van der Waals surface area contributed by atoms with Crippen LogP contribution in [0.15, 0.2) is 54.6 Å². The molecule has 0 heterocycles. The molecule has 0 aliphatic rings. The number of aliphatic hydroxyl groups is 1. The lowest BCUT2D eigenvalue weighted by Gasteiger charge is -2.39. The maximum absolute atomic E-state index is 12.3. The zero-order valence-electron chi connectivity index (χ0n) is 15.2. The second-order valence-corrected chi connectivity index (χ2v) is 6.31. The molecule has 1 aromatic rings. The molecule has 0 amide bonds. The van der Waals surface area contributed by atoms with Crippen LogP contribution in [0.1, 0.15) is 39.7 Å². The molecule has 25 heavy (non-hydrogen) atoms. The minimum atomic E-state index is -1.35.